The lowest BCUT2D eigenvalue weighted by Gasteiger charge is -2.15. The number of carboxylic acids is 2. The Kier molecular flexibility index (Phi) is 5.08. The molecule has 1 unspecified atom stereocenters. The molecule has 22 heavy (non-hydrogen) atoms. The summed E-state index contributed by atoms with van der Waals surface area (Å²) in [5, 5.41) is 39.5. The molecule has 118 valence electrons. The van der Waals surface area contributed by atoms with Gasteiger partial charge in [-0.25, -0.2) is 0 Å². The Hall–Kier alpha value is -3.08. The number of benzene rings is 1. The maximum Gasteiger partial charge on any atom is 0.320 e. The smallest absolute Gasteiger partial charge is 0.320 e. The average Bonchev–Trinajstić information content (AvgIpc) is 2.43. The van der Waals surface area contributed by atoms with E-state index in [-0.39, 0.29) is 5.56 Å². The van der Waals surface area contributed by atoms with Gasteiger partial charge in [-0.2, -0.15) is 0 Å². The Balaban J connectivity index is 3.36. The minimum atomic E-state index is -1.58. The lowest BCUT2D eigenvalue weighted by molar-refractivity contribution is -0.394. The number of non-ortho nitro benzene ring substituents is 1. The molecule has 1 aromatic rings. The van der Waals surface area contributed by atoms with Crippen LogP contribution in [-0.4, -0.2) is 38.0 Å². The number of nitrogens with zero attached hydrogens (tertiary/aromatic N) is 2. The monoisotopic (exact) mass is 313 g/mol. The molecule has 0 saturated heterocycles. The third kappa shape index (κ3) is 3.73. The van der Waals surface area contributed by atoms with Crippen molar-refractivity contribution in [2.45, 2.75) is 18.4 Å². The molecular weight excluding hydrogens is 302 g/mol. The van der Waals surface area contributed by atoms with Crippen molar-refractivity contribution in [3.05, 3.63) is 44.0 Å². The lowest BCUT2D eigenvalue weighted by Crippen LogP contribution is -2.33. The van der Waals surface area contributed by atoms with E-state index in [9.17, 15) is 29.8 Å². The van der Waals surface area contributed by atoms with E-state index < -0.39 is 51.5 Å². The zero-order chi connectivity index (χ0) is 17.0. The van der Waals surface area contributed by atoms with Crippen LogP contribution in [0.15, 0.2) is 18.2 Å². The van der Waals surface area contributed by atoms with E-state index in [2.05, 4.69) is 0 Å². The Morgan fingerprint density at radius 1 is 1.14 bits per heavy atom. The normalized spacial score (nSPS) is 13.1. The number of nitrogens with two attached hydrogens (primary N) is 1. The summed E-state index contributed by atoms with van der Waals surface area (Å²) in [6.07, 6.45) is -0.594. The van der Waals surface area contributed by atoms with E-state index in [1.54, 1.807) is 0 Å². The molecule has 0 bridgehead atoms. The van der Waals surface area contributed by atoms with Gasteiger partial charge in [0.15, 0.2) is 0 Å². The molecule has 0 aromatic heterocycles. The van der Waals surface area contributed by atoms with Gasteiger partial charge in [-0.15, -0.1) is 0 Å². The van der Waals surface area contributed by atoms with E-state index in [1.807, 2.05) is 0 Å². The molecule has 11 heteroatoms. The molecule has 2 atom stereocenters. The second-order valence-electron chi connectivity index (χ2n) is 4.33. The quantitative estimate of drug-likeness (QED) is 0.474. The SMILES string of the molecule is N[C@@H](CC(C(=O)O)c1ccc([N+](=O)[O-])cc1[N+](=O)[O-])C(=O)O. The van der Waals surface area contributed by atoms with Crippen LogP contribution in [0.4, 0.5) is 11.4 Å². The summed E-state index contributed by atoms with van der Waals surface area (Å²) in [5.41, 5.74) is 3.55. The maximum absolute atomic E-state index is 11.2. The van der Waals surface area contributed by atoms with Crippen molar-refractivity contribution < 1.29 is 29.6 Å². The number of carbonyl (C=O) groups is 2. The molecule has 4 N–H and O–H groups in total. The highest BCUT2D eigenvalue weighted by Crippen LogP contribution is 2.33. The van der Waals surface area contributed by atoms with Crippen molar-refractivity contribution in [3.63, 3.8) is 0 Å². The largest absolute Gasteiger partial charge is 0.481 e. The van der Waals surface area contributed by atoms with Gasteiger partial charge in [0, 0.05) is 11.6 Å². The summed E-state index contributed by atoms with van der Waals surface area (Å²) in [6, 6.07) is 0.905. The molecule has 0 aliphatic carbocycles. The number of hydrogen-bond donors (Lipinski definition) is 3. The van der Waals surface area contributed by atoms with Gasteiger partial charge >= 0.3 is 11.9 Å². The molecular formula is C11H11N3O8. The highest BCUT2D eigenvalue weighted by Gasteiger charge is 2.32. The molecule has 0 amide bonds. The van der Waals surface area contributed by atoms with Crippen LogP contribution in [0.2, 0.25) is 0 Å². The summed E-state index contributed by atoms with van der Waals surface area (Å²) in [7, 11) is 0. The average molecular weight is 313 g/mol. The number of hydrogen-bond acceptors (Lipinski definition) is 7. The number of nitro groups is 2. The number of aliphatic carboxylic acids is 2. The van der Waals surface area contributed by atoms with Gasteiger partial charge < -0.3 is 15.9 Å². The van der Waals surface area contributed by atoms with E-state index in [4.69, 9.17) is 15.9 Å². The van der Waals surface area contributed by atoms with Crippen molar-refractivity contribution in [2.75, 3.05) is 0 Å². The fourth-order valence-electron chi connectivity index (χ4n) is 1.81. The maximum atomic E-state index is 11.2. The van der Waals surface area contributed by atoms with Crippen molar-refractivity contribution in [1.29, 1.82) is 0 Å². The molecule has 1 aromatic carbocycles. The van der Waals surface area contributed by atoms with Crippen molar-refractivity contribution in [1.82, 2.24) is 0 Å². The van der Waals surface area contributed by atoms with E-state index in [0.717, 1.165) is 12.1 Å². The number of carboxylic acid groups (broad SMARTS) is 2. The number of nitro benzene ring substituents is 2. The van der Waals surface area contributed by atoms with Crippen molar-refractivity contribution >= 4 is 23.3 Å². The zero-order valence-electron chi connectivity index (χ0n) is 10.9. The van der Waals surface area contributed by atoms with Gasteiger partial charge in [-0.1, -0.05) is 0 Å². The fraction of sp³-hybridized carbons (Fsp3) is 0.273. The van der Waals surface area contributed by atoms with Crippen LogP contribution in [0.5, 0.6) is 0 Å². The fourth-order valence-corrected chi connectivity index (χ4v) is 1.81. The first-order valence-corrected chi connectivity index (χ1v) is 5.79. The molecule has 0 saturated carbocycles. The van der Waals surface area contributed by atoms with E-state index in [0.29, 0.717) is 6.07 Å². The standard InChI is InChI=1S/C11H11N3O8/c12-8(11(17)18)4-7(10(15)16)6-2-1-5(13(19)20)3-9(6)14(21)22/h1-3,7-8H,4,12H2,(H,15,16)(H,17,18)/t7?,8-/m0/s1. The van der Waals surface area contributed by atoms with Gasteiger partial charge in [0.1, 0.15) is 6.04 Å². The topological polar surface area (TPSA) is 187 Å². The minimum Gasteiger partial charge on any atom is -0.481 e. The molecule has 0 spiro atoms. The van der Waals surface area contributed by atoms with Gasteiger partial charge in [0.2, 0.25) is 0 Å². The van der Waals surface area contributed by atoms with Crippen LogP contribution in [0.3, 0.4) is 0 Å². The van der Waals surface area contributed by atoms with Gasteiger partial charge in [-0.3, -0.25) is 29.8 Å². The molecule has 0 aliphatic rings. The third-order valence-corrected chi connectivity index (χ3v) is 2.90. The zero-order valence-corrected chi connectivity index (χ0v) is 10.9. The molecule has 0 heterocycles. The minimum absolute atomic E-state index is 0.347. The predicted octanol–water partition coefficient (Wildman–Crippen LogP) is 0.473. The van der Waals surface area contributed by atoms with Crippen LogP contribution in [0, 0.1) is 20.2 Å². The molecule has 0 aliphatic heterocycles. The van der Waals surface area contributed by atoms with Gasteiger partial charge in [-0.05, 0) is 12.5 Å². The summed E-state index contributed by atoms with van der Waals surface area (Å²) >= 11 is 0. The molecule has 11 nitrogen and oxygen atoms in total. The molecule has 1 rings (SSSR count). The van der Waals surface area contributed by atoms with E-state index >= 15 is 0 Å². The summed E-state index contributed by atoms with van der Waals surface area (Å²) < 4.78 is 0. The summed E-state index contributed by atoms with van der Waals surface area (Å²) in [6.45, 7) is 0. The van der Waals surface area contributed by atoms with Crippen molar-refractivity contribution in [3.8, 4) is 0 Å². The lowest BCUT2D eigenvalue weighted by atomic mass is 9.91. The Morgan fingerprint density at radius 2 is 1.73 bits per heavy atom. The number of rotatable bonds is 7. The van der Waals surface area contributed by atoms with E-state index in [1.165, 1.54) is 0 Å². The summed E-state index contributed by atoms with van der Waals surface area (Å²) in [4.78, 5) is 41.7. The van der Waals surface area contributed by atoms with Crippen LogP contribution in [0.25, 0.3) is 0 Å². The summed E-state index contributed by atoms with van der Waals surface area (Å²) in [5.74, 6) is -4.56. The first kappa shape index (κ1) is 17.0. The first-order chi connectivity index (χ1) is 10.1. The van der Waals surface area contributed by atoms with Crippen LogP contribution in [-0.2, 0) is 9.59 Å². The predicted molar refractivity (Wildman–Crippen MR) is 70.4 cm³/mol. The third-order valence-electron chi connectivity index (χ3n) is 2.90. The second-order valence-corrected chi connectivity index (χ2v) is 4.33. The Labute approximate surface area is 122 Å². The highest BCUT2D eigenvalue weighted by molar-refractivity contribution is 5.80. The van der Waals surface area contributed by atoms with Crippen LogP contribution in [0.1, 0.15) is 17.9 Å². The van der Waals surface area contributed by atoms with Crippen LogP contribution >= 0.6 is 0 Å². The van der Waals surface area contributed by atoms with Crippen molar-refractivity contribution in [2.24, 2.45) is 5.73 Å². The molecule has 0 fully saturated rings. The van der Waals surface area contributed by atoms with Gasteiger partial charge in [0.25, 0.3) is 11.4 Å². The molecule has 0 radical (unpaired) electrons. The van der Waals surface area contributed by atoms with Gasteiger partial charge in [0.05, 0.1) is 21.8 Å². The Morgan fingerprint density at radius 3 is 2.14 bits per heavy atom. The van der Waals surface area contributed by atoms with Crippen LogP contribution < -0.4 is 5.73 Å². The highest BCUT2D eigenvalue weighted by atomic mass is 16.6. The Bertz CT molecular complexity index is 644. The first-order valence-electron chi connectivity index (χ1n) is 5.79. The second kappa shape index (κ2) is 6.58.